The van der Waals surface area contributed by atoms with Crippen LogP contribution in [-0.4, -0.2) is 41.7 Å². The number of fused-ring (bicyclic) bond motifs is 1. The van der Waals surface area contributed by atoms with Crippen LogP contribution in [-0.2, 0) is 11.2 Å². The lowest BCUT2D eigenvalue weighted by Crippen LogP contribution is -2.49. The third-order valence-electron chi connectivity index (χ3n) is 5.00. The van der Waals surface area contributed by atoms with E-state index in [1.54, 1.807) is 19.2 Å². The average molecular weight is 469 g/mol. The van der Waals surface area contributed by atoms with Crippen molar-refractivity contribution >= 4 is 33.4 Å². The monoisotopic (exact) mass is 468 g/mol. The number of likely N-dealkylation sites (N-methyl/N-ethyl adjacent to an activating group) is 1. The molecule has 0 spiro atoms. The number of carbonyl (C=O) groups is 2. The smallest absolute Gasteiger partial charge is 0.272 e. The van der Waals surface area contributed by atoms with Gasteiger partial charge in [0.2, 0.25) is 0 Å². The number of anilines is 1. The van der Waals surface area contributed by atoms with Crippen LogP contribution in [0.4, 0.5) is 5.69 Å². The minimum atomic E-state index is -0.814. The average Bonchev–Trinajstić information content (AvgIpc) is 3.17. The van der Waals surface area contributed by atoms with Gasteiger partial charge in [0.1, 0.15) is 24.1 Å². The lowest BCUT2D eigenvalue weighted by atomic mass is 10.1. The first kappa shape index (κ1) is 20.2. The molecule has 0 saturated carbocycles. The lowest BCUT2D eigenvalue weighted by molar-refractivity contribution is -0.120. The first-order chi connectivity index (χ1) is 14.4. The number of carbonyl (C=O) groups excluding carboxylic acids is 2. The number of H-pyrrole nitrogens is 1. The Hall–Kier alpha value is -3.13. The maximum absolute atomic E-state index is 12.8. The standard InChI is InChI=1S/C22H21BrN4O3/c1-13-3-5-14(6-4-13)9-16-11-17(26-25-16)21(28)24-18-12-30-20-8-7-15(23)10-19(20)27(2)22(18)29/h3-8,10-11,18H,9,12H2,1-2H3,(H,24,28)(H,25,26). The zero-order valence-electron chi connectivity index (χ0n) is 16.6. The van der Waals surface area contributed by atoms with E-state index in [0.29, 0.717) is 17.9 Å². The number of hydrogen-bond donors (Lipinski definition) is 2. The number of aromatic amines is 1. The van der Waals surface area contributed by atoms with E-state index < -0.39 is 11.9 Å². The largest absolute Gasteiger partial charge is 0.489 e. The molecule has 1 aromatic heterocycles. The second-order valence-electron chi connectivity index (χ2n) is 7.29. The van der Waals surface area contributed by atoms with Crippen molar-refractivity contribution in [1.82, 2.24) is 15.5 Å². The number of halogens is 1. The Bertz CT molecular complexity index is 1090. The molecule has 2 N–H and O–H groups in total. The Morgan fingerprint density at radius 2 is 2.03 bits per heavy atom. The van der Waals surface area contributed by atoms with Gasteiger partial charge < -0.3 is 15.0 Å². The Balaban J connectivity index is 1.44. The number of hydrogen-bond acceptors (Lipinski definition) is 4. The van der Waals surface area contributed by atoms with Gasteiger partial charge in [0.05, 0.1) is 5.69 Å². The molecule has 4 rings (SSSR count). The van der Waals surface area contributed by atoms with Crippen LogP contribution in [0, 0.1) is 6.92 Å². The van der Waals surface area contributed by atoms with Crippen LogP contribution in [0.2, 0.25) is 0 Å². The molecule has 1 unspecified atom stereocenters. The normalized spacial score (nSPS) is 15.9. The number of nitrogens with zero attached hydrogens (tertiary/aromatic N) is 2. The van der Waals surface area contributed by atoms with Crippen molar-refractivity contribution in [3.63, 3.8) is 0 Å². The van der Waals surface area contributed by atoms with Gasteiger partial charge in [0.15, 0.2) is 0 Å². The number of nitrogens with one attached hydrogen (secondary N) is 2. The molecule has 0 bridgehead atoms. The second kappa shape index (κ2) is 8.31. The second-order valence-corrected chi connectivity index (χ2v) is 8.20. The van der Waals surface area contributed by atoms with Crippen LogP contribution in [0.5, 0.6) is 5.75 Å². The molecule has 154 valence electrons. The van der Waals surface area contributed by atoms with E-state index in [9.17, 15) is 9.59 Å². The summed E-state index contributed by atoms with van der Waals surface area (Å²) in [5.41, 5.74) is 4.01. The summed E-state index contributed by atoms with van der Waals surface area (Å²) in [6.07, 6.45) is 0.638. The SMILES string of the molecule is Cc1ccc(Cc2cc(C(=O)NC3COc4ccc(Br)cc4N(C)C3=O)n[nH]2)cc1. The van der Waals surface area contributed by atoms with Crippen molar-refractivity contribution in [3.05, 3.63) is 75.5 Å². The van der Waals surface area contributed by atoms with Gasteiger partial charge in [0, 0.05) is 23.6 Å². The maximum atomic E-state index is 12.8. The van der Waals surface area contributed by atoms with Crippen molar-refractivity contribution < 1.29 is 14.3 Å². The number of aryl methyl sites for hydroxylation is 1. The van der Waals surface area contributed by atoms with Gasteiger partial charge in [-0.05, 0) is 36.8 Å². The summed E-state index contributed by atoms with van der Waals surface area (Å²) >= 11 is 3.40. The summed E-state index contributed by atoms with van der Waals surface area (Å²) in [6, 6.07) is 14.5. The number of amides is 2. The molecule has 1 aliphatic rings. The Morgan fingerprint density at radius 1 is 1.27 bits per heavy atom. The first-order valence-electron chi connectivity index (χ1n) is 9.51. The Morgan fingerprint density at radius 3 is 2.80 bits per heavy atom. The van der Waals surface area contributed by atoms with Crippen LogP contribution in [0.3, 0.4) is 0 Å². The number of benzene rings is 2. The molecule has 1 aliphatic heterocycles. The van der Waals surface area contributed by atoms with E-state index in [1.165, 1.54) is 10.5 Å². The van der Waals surface area contributed by atoms with Gasteiger partial charge >= 0.3 is 0 Å². The van der Waals surface area contributed by atoms with E-state index in [-0.39, 0.29) is 18.2 Å². The van der Waals surface area contributed by atoms with E-state index in [1.807, 2.05) is 43.3 Å². The van der Waals surface area contributed by atoms with Gasteiger partial charge in [-0.2, -0.15) is 5.10 Å². The van der Waals surface area contributed by atoms with Crippen LogP contribution >= 0.6 is 15.9 Å². The predicted octanol–water partition coefficient (Wildman–Crippen LogP) is 3.23. The molecule has 30 heavy (non-hydrogen) atoms. The summed E-state index contributed by atoms with van der Waals surface area (Å²) in [4.78, 5) is 27.0. The summed E-state index contributed by atoms with van der Waals surface area (Å²) in [5.74, 6) is -0.0922. The number of aromatic nitrogens is 2. The molecule has 8 heteroatoms. The minimum absolute atomic E-state index is 0.0458. The summed E-state index contributed by atoms with van der Waals surface area (Å²) in [7, 11) is 1.66. The van der Waals surface area contributed by atoms with E-state index in [4.69, 9.17) is 4.74 Å². The highest BCUT2D eigenvalue weighted by Gasteiger charge is 2.31. The van der Waals surface area contributed by atoms with Crippen molar-refractivity contribution in [2.75, 3.05) is 18.6 Å². The minimum Gasteiger partial charge on any atom is -0.489 e. The molecule has 0 aliphatic carbocycles. The number of rotatable bonds is 4. The van der Waals surface area contributed by atoms with Crippen LogP contribution in [0.15, 0.2) is 53.0 Å². The predicted molar refractivity (Wildman–Crippen MR) is 117 cm³/mol. The summed E-state index contributed by atoms with van der Waals surface area (Å²) < 4.78 is 6.60. The Kier molecular flexibility index (Phi) is 5.59. The van der Waals surface area contributed by atoms with Gasteiger partial charge in [-0.15, -0.1) is 0 Å². The molecule has 3 aromatic rings. The molecule has 2 heterocycles. The van der Waals surface area contributed by atoms with Gasteiger partial charge in [-0.1, -0.05) is 45.8 Å². The molecule has 0 saturated heterocycles. The molecule has 1 atom stereocenters. The van der Waals surface area contributed by atoms with Gasteiger partial charge in [0.25, 0.3) is 11.8 Å². The highest BCUT2D eigenvalue weighted by atomic mass is 79.9. The van der Waals surface area contributed by atoms with Crippen LogP contribution < -0.4 is 15.0 Å². The van der Waals surface area contributed by atoms with E-state index in [2.05, 4.69) is 31.4 Å². The highest BCUT2D eigenvalue weighted by molar-refractivity contribution is 9.10. The summed E-state index contributed by atoms with van der Waals surface area (Å²) in [6.45, 7) is 2.08. The fraction of sp³-hybridized carbons (Fsp3) is 0.227. The fourth-order valence-corrected chi connectivity index (χ4v) is 3.65. The topological polar surface area (TPSA) is 87.3 Å². The third-order valence-corrected chi connectivity index (χ3v) is 5.49. The quantitative estimate of drug-likeness (QED) is 0.615. The summed E-state index contributed by atoms with van der Waals surface area (Å²) in [5, 5.41) is 9.74. The lowest BCUT2D eigenvalue weighted by Gasteiger charge is -2.20. The zero-order valence-corrected chi connectivity index (χ0v) is 18.2. The molecule has 2 amide bonds. The molecular formula is C22H21BrN4O3. The Labute approximate surface area is 182 Å². The number of ether oxygens (including phenoxy) is 1. The first-order valence-corrected chi connectivity index (χ1v) is 10.3. The van der Waals surface area contributed by atoms with Gasteiger partial charge in [-0.25, -0.2) is 0 Å². The van der Waals surface area contributed by atoms with Crippen LogP contribution in [0.1, 0.15) is 27.3 Å². The molecular weight excluding hydrogens is 448 g/mol. The maximum Gasteiger partial charge on any atom is 0.272 e. The van der Waals surface area contributed by atoms with Gasteiger partial charge in [-0.3, -0.25) is 14.7 Å². The van der Waals surface area contributed by atoms with Crippen LogP contribution in [0.25, 0.3) is 0 Å². The molecule has 0 radical (unpaired) electrons. The molecule has 0 fully saturated rings. The molecule has 7 nitrogen and oxygen atoms in total. The van der Waals surface area contributed by atoms with Crippen molar-refractivity contribution in [2.24, 2.45) is 0 Å². The third kappa shape index (κ3) is 4.23. The van der Waals surface area contributed by atoms with E-state index in [0.717, 1.165) is 15.7 Å². The molecule has 2 aromatic carbocycles. The zero-order chi connectivity index (χ0) is 21.3. The fourth-order valence-electron chi connectivity index (χ4n) is 3.30. The highest BCUT2D eigenvalue weighted by Crippen LogP contribution is 2.33. The van der Waals surface area contributed by atoms with Crippen molar-refractivity contribution in [3.8, 4) is 5.75 Å². The van der Waals surface area contributed by atoms with Crippen molar-refractivity contribution in [1.29, 1.82) is 0 Å². The van der Waals surface area contributed by atoms with E-state index >= 15 is 0 Å². The van der Waals surface area contributed by atoms with Crippen molar-refractivity contribution in [2.45, 2.75) is 19.4 Å².